The number of hydrogen-bond donors (Lipinski definition) is 1. The molecule has 0 bridgehead atoms. The van der Waals surface area contributed by atoms with Crippen molar-refractivity contribution in [3.05, 3.63) is 92.4 Å². The molecule has 0 saturated heterocycles. The van der Waals surface area contributed by atoms with Gasteiger partial charge >= 0.3 is 0 Å². The summed E-state index contributed by atoms with van der Waals surface area (Å²) >= 11 is 16.2. The first-order valence-corrected chi connectivity index (χ1v) is 16.8. The van der Waals surface area contributed by atoms with Crippen molar-refractivity contribution in [2.24, 2.45) is 0 Å². The third kappa shape index (κ3) is 8.07. The molecule has 2 amide bonds. The van der Waals surface area contributed by atoms with Crippen LogP contribution in [0.15, 0.2) is 76.1 Å². The second kappa shape index (κ2) is 14.3. The Morgan fingerprint density at radius 2 is 1.62 bits per heavy atom. The maximum atomic E-state index is 14.1. The highest BCUT2D eigenvalue weighted by Crippen LogP contribution is 2.33. The van der Waals surface area contributed by atoms with Gasteiger partial charge in [0.2, 0.25) is 11.8 Å². The molecule has 0 aliphatic heterocycles. The molecule has 0 unspecified atom stereocenters. The Morgan fingerprint density at radius 3 is 2.26 bits per heavy atom. The van der Waals surface area contributed by atoms with Crippen LogP contribution >= 0.6 is 39.1 Å². The summed E-state index contributed by atoms with van der Waals surface area (Å²) in [6.07, 6.45) is 5.04. The third-order valence-electron chi connectivity index (χ3n) is 7.45. The van der Waals surface area contributed by atoms with E-state index >= 15 is 0 Å². The zero-order chi connectivity index (χ0) is 30.4. The summed E-state index contributed by atoms with van der Waals surface area (Å²) in [4.78, 5) is 29.0. The van der Waals surface area contributed by atoms with E-state index in [0.717, 1.165) is 52.0 Å². The van der Waals surface area contributed by atoms with Crippen LogP contribution in [0.3, 0.4) is 0 Å². The topological polar surface area (TPSA) is 86.8 Å². The molecular weight excluding hydrogens is 661 g/mol. The second-order valence-electron chi connectivity index (χ2n) is 10.6. The number of carbonyl (C=O) groups is 2. The number of benzene rings is 3. The summed E-state index contributed by atoms with van der Waals surface area (Å²) in [6.45, 7) is 3.03. The summed E-state index contributed by atoms with van der Waals surface area (Å²) in [5, 5.41) is 3.48. The van der Waals surface area contributed by atoms with Crippen molar-refractivity contribution >= 4 is 66.7 Å². The molecule has 224 valence electrons. The van der Waals surface area contributed by atoms with Crippen LogP contribution in [0, 0.1) is 6.92 Å². The zero-order valence-electron chi connectivity index (χ0n) is 23.5. The highest BCUT2D eigenvalue weighted by Gasteiger charge is 2.34. The molecule has 0 radical (unpaired) electrons. The molecule has 0 spiro atoms. The Balaban J connectivity index is 1.70. The van der Waals surface area contributed by atoms with Crippen LogP contribution in [0.1, 0.15) is 50.2 Å². The van der Waals surface area contributed by atoms with E-state index < -0.39 is 28.5 Å². The van der Waals surface area contributed by atoms with Gasteiger partial charge in [-0.3, -0.25) is 13.9 Å². The summed E-state index contributed by atoms with van der Waals surface area (Å²) in [5.41, 5.74) is 1.74. The van der Waals surface area contributed by atoms with Gasteiger partial charge in [0, 0.05) is 22.1 Å². The van der Waals surface area contributed by atoms with Gasteiger partial charge < -0.3 is 10.2 Å². The zero-order valence-corrected chi connectivity index (χ0v) is 27.4. The molecule has 1 atom stereocenters. The number of carbonyl (C=O) groups excluding carboxylic acids is 2. The fourth-order valence-corrected chi connectivity index (χ4v) is 7.09. The SMILES string of the molecule is Cc1ccc(S(=O)(=O)N(CC(=O)N(Cc2ccc(Br)cc2)[C@H](C)C(=O)NC2CCCCC2)c2cc(Cl)ccc2Cl)cc1. The number of sulfonamides is 1. The highest BCUT2D eigenvalue weighted by molar-refractivity contribution is 9.10. The Bertz CT molecular complexity index is 1510. The standard InChI is InChI=1S/C31H34BrCl2N3O4S/c1-21-8-15-27(16-9-21)42(40,41)37(29-18-25(33)14-17-28(29)34)20-30(38)36(19-23-10-12-24(32)13-11-23)22(2)31(39)35-26-6-4-3-5-7-26/h8-18,22,26H,3-7,19-20H2,1-2H3,(H,35,39)/t22-/m1/s1. The van der Waals surface area contributed by atoms with Crippen LogP contribution in [0.2, 0.25) is 10.0 Å². The van der Waals surface area contributed by atoms with Crippen LogP contribution in [0.4, 0.5) is 5.69 Å². The number of aryl methyl sites for hydroxylation is 1. The predicted octanol–water partition coefficient (Wildman–Crippen LogP) is 7.13. The number of nitrogens with one attached hydrogen (secondary N) is 1. The van der Waals surface area contributed by atoms with E-state index in [4.69, 9.17) is 23.2 Å². The predicted molar refractivity (Wildman–Crippen MR) is 171 cm³/mol. The Hall–Kier alpha value is -2.59. The normalized spacial score (nSPS) is 14.7. The molecule has 1 saturated carbocycles. The first-order valence-electron chi connectivity index (χ1n) is 13.8. The minimum atomic E-state index is -4.25. The van der Waals surface area contributed by atoms with Crippen LogP contribution in [0.5, 0.6) is 0 Å². The number of nitrogens with zero attached hydrogens (tertiary/aromatic N) is 2. The molecule has 1 aliphatic carbocycles. The molecule has 0 heterocycles. The van der Waals surface area contributed by atoms with Gasteiger partial charge in [-0.2, -0.15) is 0 Å². The van der Waals surface area contributed by atoms with Gasteiger partial charge in [0.15, 0.2) is 0 Å². The summed E-state index contributed by atoms with van der Waals surface area (Å²) in [5.74, 6) is -0.836. The lowest BCUT2D eigenvalue weighted by Gasteiger charge is -2.33. The van der Waals surface area contributed by atoms with Crippen molar-refractivity contribution in [3.63, 3.8) is 0 Å². The van der Waals surface area contributed by atoms with Gasteiger partial charge in [-0.05, 0) is 74.7 Å². The van der Waals surface area contributed by atoms with E-state index in [1.165, 1.54) is 29.2 Å². The van der Waals surface area contributed by atoms with E-state index in [-0.39, 0.29) is 39.1 Å². The first-order chi connectivity index (χ1) is 20.0. The first kappa shape index (κ1) is 32.3. The minimum absolute atomic E-state index is 0.000471. The maximum absolute atomic E-state index is 14.1. The Labute approximate surface area is 266 Å². The quantitative estimate of drug-likeness (QED) is 0.245. The van der Waals surface area contributed by atoms with E-state index in [9.17, 15) is 18.0 Å². The number of halogens is 3. The van der Waals surface area contributed by atoms with E-state index in [1.54, 1.807) is 25.1 Å². The third-order valence-corrected chi connectivity index (χ3v) is 10.3. The second-order valence-corrected chi connectivity index (χ2v) is 14.2. The van der Waals surface area contributed by atoms with Gasteiger partial charge in [-0.1, -0.05) is 88.2 Å². The van der Waals surface area contributed by atoms with Crippen LogP contribution < -0.4 is 9.62 Å². The van der Waals surface area contributed by atoms with Gasteiger partial charge in [-0.25, -0.2) is 8.42 Å². The van der Waals surface area contributed by atoms with E-state index in [0.29, 0.717) is 0 Å². The van der Waals surface area contributed by atoms with Crippen LogP contribution in [-0.2, 0) is 26.2 Å². The van der Waals surface area contributed by atoms with Crippen LogP contribution in [0.25, 0.3) is 0 Å². The fraction of sp³-hybridized carbons (Fsp3) is 0.355. The van der Waals surface area contributed by atoms with E-state index in [1.807, 2.05) is 31.2 Å². The summed E-state index contributed by atoms with van der Waals surface area (Å²) in [7, 11) is -4.25. The maximum Gasteiger partial charge on any atom is 0.264 e. The molecular formula is C31H34BrCl2N3O4S. The lowest BCUT2D eigenvalue weighted by molar-refractivity contribution is -0.139. The minimum Gasteiger partial charge on any atom is -0.352 e. The molecule has 11 heteroatoms. The molecule has 42 heavy (non-hydrogen) atoms. The fourth-order valence-electron chi connectivity index (χ4n) is 4.97. The number of hydrogen-bond acceptors (Lipinski definition) is 4. The monoisotopic (exact) mass is 693 g/mol. The average molecular weight is 696 g/mol. The molecule has 0 aromatic heterocycles. The average Bonchev–Trinajstić information content (AvgIpc) is 2.97. The van der Waals surface area contributed by atoms with Crippen molar-refractivity contribution in [2.45, 2.75) is 69.5 Å². The lowest BCUT2D eigenvalue weighted by Crippen LogP contribution is -2.53. The van der Waals surface area contributed by atoms with Gasteiger partial charge in [0.25, 0.3) is 10.0 Å². The van der Waals surface area contributed by atoms with Crippen molar-refractivity contribution in [3.8, 4) is 0 Å². The van der Waals surface area contributed by atoms with Crippen LogP contribution in [-0.4, -0.2) is 43.8 Å². The van der Waals surface area contributed by atoms with Crippen molar-refractivity contribution in [2.75, 3.05) is 10.8 Å². The molecule has 1 N–H and O–H groups in total. The van der Waals surface area contributed by atoms with Gasteiger partial charge in [0.05, 0.1) is 15.6 Å². The molecule has 1 aliphatic rings. The van der Waals surface area contributed by atoms with E-state index in [2.05, 4.69) is 21.2 Å². The molecule has 4 rings (SSSR count). The largest absolute Gasteiger partial charge is 0.352 e. The number of rotatable bonds is 10. The van der Waals surface area contributed by atoms with Crippen molar-refractivity contribution in [1.29, 1.82) is 0 Å². The molecule has 3 aromatic carbocycles. The summed E-state index contributed by atoms with van der Waals surface area (Å²) in [6, 6.07) is 17.4. The number of anilines is 1. The summed E-state index contributed by atoms with van der Waals surface area (Å²) < 4.78 is 29.8. The van der Waals surface area contributed by atoms with Gasteiger partial charge in [-0.15, -0.1) is 0 Å². The number of amides is 2. The molecule has 3 aromatic rings. The Morgan fingerprint density at radius 1 is 0.976 bits per heavy atom. The highest BCUT2D eigenvalue weighted by atomic mass is 79.9. The van der Waals surface area contributed by atoms with Gasteiger partial charge in [0.1, 0.15) is 12.6 Å². The van der Waals surface area contributed by atoms with Crippen molar-refractivity contribution in [1.82, 2.24) is 10.2 Å². The lowest BCUT2D eigenvalue weighted by atomic mass is 9.95. The van der Waals surface area contributed by atoms with Crippen molar-refractivity contribution < 1.29 is 18.0 Å². The Kier molecular flexibility index (Phi) is 11.0. The molecule has 1 fully saturated rings. The smallest absolute Gasteiger partial charge is 0.264 e. The molecule has 7 nitrogen and oxygen atoms in total.